The van der Waals surface area contributed by atoms with Crippen LogP contribution in [0.25, 0.3) is 4.96 Å². The third-order valence-corrected chi connectivity index (χ3v) is 6.79. The van der Waals surface area contributed by atoms with E-state index in [9.17, 15) is 0 Å². The highest BCUT2D eigenvalue weighted by Gasteiger charge is 2.36. The molecular formula is C16H22BrN3S. The maximum Gasteiger partial charge on any atom is 0.195 e. The van der Waals surface area contributed by atoms with Crippen LogP contribution in [0.1, 0.15) is 50.6 Å². The topological polar surface area (TPSA) is 20.5 Å². The number of imidazole rings is 1. The molecule has 0 aromatic carbocycles. The van der Waals surface area contributed by atoms with Gasteiger partial charge in [0.2, 0.25) is 0 Å². The van der Waals surface area contributed by atoms with E-state index in [0.717, 1.165) is 10.3 Å². The first kappa shape index (κ1) is 14.1. The molecule has 4 rings (SSSR count). The largest absolute Gasteiger partial charge is 0.355 e. The van der Waals surface area contributed by atoms with Crippen molar-refractivity contribution >= 4 is 38.0 Å². The first-order valence-electron chi connectivity index (χ1n) is 8.07. The van der Waals surface area contributed by atoms with Crippen molar-refractivity contribution in [3.8, 4) is 0 Å². The van der Waals surface area contributed by atoms with Crippen molar-refractivity contribution in [2.45, 2.75) is 50.3 Å². The quantitative estimate of drug-likeness (QED) is 0.707. The third kappa shape index (κ3) is 2.42. The van der Waals surface area contributed by atoms with Gasteiger partial charge in [-0.2, -0.15) is 0 Å². The number of alkyl halides is 1. The molecule has 3 heterocycles. The van der Waals surface area contributed by atoms with Crippen molar-refractivity contribution in [1.82, 2.24) is 9.38 Å². The SMILES string of the molecule is BrCc1c(N2CCC3(CCCCC3)CC2)nc2sccn12. The molecule has 5 heteroatoms. The zero-order valence-corrected chi connectivity index (χ0v) is 14.8. The maximum atomic E-state index is 4.88. The van der Waals surface area contributed by atoms with E-state index < -0.39 is 0 Å². The van der Waals surface area contributed by atoms with Gasteiger partial charge in [-0.3, -0.25) is 4.40 Å². The average molecular weight is 368 g/mol. The number of hydrogen-bond acceptors (Lipinski definition) is 3. The van der Waals surface area contributed by atoms with Crippen LogP contribution in [0.5, 0.6) is 0 Å². The van der Waals surface area contributed by atoms with Crippen LogP contribution in [0.2, 0.25) is 0 Å². The van der Waals surface area contributed by atoms with Crippen LogP contribution in [0, 0.1) is 5.41 Å². The van der Waals surface area contributed by atoms with Gasteiger partial charge in [-0.15, -0.1) is 11.3 Å². The van der Waals surface area contributed by atoms with Gasteiger partial charge in [0.05, 0.1) is 5.69 Å². The van der Waals surface area contributed by atoms with E-state index in [1.54, 1.807) is 11.3 Å². The smallest absolute Gasteiger partial charge is 0.195 e. The lowest BCUT2D eigenvalue weighted by Gasteiger charge is -2.44. The standard InChI is InChI=1S/C16H22BrN3S/c17-12-13-14(18-15-20(13)10-11-21-15)19-8-6-16(7-9-19)4-2-1-3-5-16/h10-11H,1-9,12H2. The molecule has 2 aliphatic rings. The van der Waals surface area contributed by atoms with Crippen LogP contribution in [-0.2, 0) is 5.33 Å². The Balaban J connectivity index is 1.55. The van der Waals surface area contributed by atoms with Crippen LogP contribution in [0.4, 0.5) is 5.82 Å². The molecular weight excluding hydrogens is 346 g/mol. The van der Waals surface area contributed by atoms with Gasteiger partial charge < -0.3 is 4.90 Å². The van der Waals surface area contributed by atoms with Crippen molar-refractivity contribution in [3.05, 3.63) is 17.3 Å². The molecule has 2 aromatic heterocycles. The number of piperidine rings is 1. The number of thiazole rings is 1. The summed E-state index contributed by atoms with van der Waals surface area (Å²) in [4.78, 5) is 8.52. The van der Waals surface area contributed by atoms with Crippen LogP contribution >= 0.6 is 27.3 Å². The van der Waals surface area contributed by atoms with Crippen molar-refractivity contribution in [3.63, 3.8) is 0 Å². The van der Waals surface area contributed by atoms with Crippen LogP contribution in [0.3, 0.4) is 0 Å². The Labute approximate surface area is 138 Å². The predicted octanol–water partition coefficient (Wildman–Crippen LogP) is 4.84. The molecule has 0 atom stereocenters. The lowest BCUT2D eigenvalue weighted by molar-refractivity contribution is 0.144. The van der Waals surface area contributed by atoms with Crippen LogP contribution < -0.4 is 4.90 Å². The summed E-state index contributed by atoms with van der Waals surface area (Å²) in [5.41, 5.74) is 1.98. The van der Waals surface area contributed by atoms with Gasteiger partial charge in [-0.1, -0.05) is 35.2 Å². The first-order chi connectivity index (χ1) is 10.3. The maximum absolute atomic E-state index is 4.88. The highest BCUT2D eigenvalue weighted by Crippen LogP contribution is 2.45. The minimum absolute atomic E-state index is 0.667. The average Bonchev–Trinajstić information content (AvgIpc) is 3.09. The summed E-state index contributed by atoms with van der Waals surface area (Å²) >= 11 is 5.37. The number of halogens is 1. The molecule has 1 spiro atoms. The van der Waals surface area contributed by atoms with Crippen LogP contribution in [0.15, 0.2) is 11.6 Å². The zero-order valence-electron chi connectivity index (χ0n) is 12.4. The molecule has 21 heavy (non-hydrogen) atoms. The van der Waals surface area contributed by atoms with Gasteiger partial charge in [0, 0.05) is 30.0 Å². The van der Waals surface area contributed by atoms with Gasteiger partial charge >= 0.3 is 0 Å². The summed E-state index contributed by atoms with van der Waals surface area (Å²) < 4.78 is 2.24. The van der Waals surface area contributed by atoms with Gasteiger partial charge in [-0.05, 0) is 31.1 Å². The molecule has 1 saturated carbocycles. The minimum Gasteiger partial charge on any atom is -0.355 e. The highest BCUT2D eigenvalue weighted by atomic mass is 79.9. The Morgan fingerprint density at radius 3 is 2.62 bits per heavy atom. The highest BCUT2D eigenvalue weighted by molar-refractivity contribution is 9.08. The van der Waals surface area contributed by atoms with Gasteiger partial charge in [0.1, 0.15) is 0 Å². The molecule has 1 saturated heterocycles. The number of aromatic nitrogens is 2. The molecule has 3 nitrogen and oxygen atoms in total. The normalized spacial score (nSPS) is 22.2. The Morgan fingerprint density at radius 2 is 1.90 bits per heavy atom. The molecule has 0 radical (unpaired) electrons. The zero-order chi connectivity index (χ0) is 14.3. The fourth-order valence-corrected chi connectivity index (χ4v) is 5.44. The summed E-state index contributed by atoms with van der Waals surface area (Å²) in [6.07, 6.45) is 12.1. The predicted molar refractivity (Wildman–Crippen MR) is 92.7 cm³/mol. The van der Waals surface area contributed by atoms with E-state index in [2.05, 4.69) is 36.8 Å². The van der Waals surface area contributed by atoms with Crippen molar-refractivity contribution in [2.24, 2.45) is 5.41 Å². The van der Waals surface area contributed by atoms with E-state index >= 15 is 0 Å². The van der Waals surface area contributed by atoms with E-state index in [4.69, 9.17) is 4.98 Å². The van der Waals surface area contributed by atoms with Gasteiger partial charge in [0.25, 0.3) is 0 Å². The molecule has 1 aliphatic heterocycles. The lowest BCUT2D eigenvalue weighted by Crippen LogP contribution is -2.41. The second-order valence-electron chi connectivity index (χ2n) is 6.62. The summed E-state index contributed by atoms with van der Waals surface area (Å²) in [5.74, 6) is 1.21. The fraction of sp³-hybridized carbons (Fsp3) is 0.688. The number of fused-ring (bicyclic) bond motifs is 1. The van der Waals surface area contributed by atoms with E-state index in [1.165, 1.54) is 69.5 Å². The van der Waals surface area contributed by atoms with Crippen molar-refractivity contribution in [2.75, 3.05) is 18.0 Å². The third-order valence-electron chi connectivity index (χ3n) is 5.50. The van der Waals surface area contributed by atoms with Crippen LogP contribution in [-0.4, -0.2) is 22.5 Å². The number of anilines is 1. The molecule has 2 aromatic rings. The van der Waals surface area contributed by atoms with Gasteiger partial charge in [-0.25, -0.2) is 4.98 Å². The summed E-state index contributed by atoms with van der Waals surface area (Å²) in [7, 11) is 0. The Hall–Kier alpha value is -0.550. The molecule has 0 unspecified atom stereocenters. The summed E-state index contributed by atoms with van der Waals surface area (Å²) in [5, 5.41) is 2.99. The Kier molecular flexibility index (Phi) is 3.74. The van der Waals surface area contributed by atoms with E-state index in [1.807, 2.05) is 0 Å². The minimum atomic E-state index is 0.667. The van der Waals surface area contributed by atoms with E-state index in [0.29, 0.717) is 5.41 Å². The molecule has 114 valence electrons. The first-order valence-corrected chi connectivity index (χ1v) is 10.1. The molecule has 2 fully saturated rings. The molecule has 0 N–H and O–H groups in total. The lowest BCUT2D eigenvalue weighted by atomic mass is 9.68. The van der Waals surface area contributed by atoms with Gasteiger partial charge in [0.15, 0.2) is 10.8 Å². The van der Waals surface area contributed by atoms with Crippen molar-refractivity contribution in [1.29, 1.82) is 0 Å². The second kappa shape index (κ2) is 5.58. The number of rotatable bonds is 2. The van der Waals surface area contributed by atoms with E-state index in [-0.39, 0.29) is 0 Å². The second-order valence-corrected chi connectivity index (χ2v) is 8.05. The molecule has 0 amide bonds. The fourth-order valence-electron chi connectivity index (χ4n) is 4.19. The molecule has 0 bridgehead atoms. The van der Waals surface area contributed by atoms with Crippen molar-refractivity contribution < 1.29 is 0 Å². The molecule has 1 aliphatic carbocycles. The number of nitrogens with zero attached hydrogens (tertiary/aromatic N) is 3. The Bertz CT molecular complexity index is 617. The summed E-state index contributed by atoms with van der Waals surface area (Å²) in [6, 6.07) is 0. The summed E-state index contributed by atoms with van der Waals surface area (Å²) in [6.45, 7) is 2.37. The number of hydrogen-bond donors (Lipinski definition) is 0. The monoisotopic (exact) mass is 367 g/mol. The Morgan fingerprint density at radius 1 is 1.14 bits per heavy atom.